The minimum Gasteiger partial charge on any atom is -0.481 e. The van der Waals surface area contributed by atoms with Gasteiger partial charge in [0, 0.05) is 6.04 Å². The van der Waals surface area contributed by atoms with E-state index in [9.17, 15) is 9.90 Å². The quantitative estimate of drug-likeness (QED) is 0.241. The van der Waals surface area contributed by atoms with Crippen LogP contribution in [0.3, 0.4) is 0 Å². The van der Waals surface area contributed by atoms with Crippen molar-refractivity contribution in [1.29, 1.82) is 0 Å². The van der Waals surface area contributed by atoms with Crippen LogP contribution < -0.4 is 5.73 Å². The van der Waals surface area contributed by atoms with Gasteiger partial charge in [-0.1, -0.05) is 62.1 Å². The second-order valence-electron chi connectivity index (χ2n) is 10.7. The number of carbonyl (C=O) groups is 1. The Kier molecular flexibility index (Phi) is 12.5. The molecule has 0 aromatic carbocycles. The zero-order valence-corrected chi connectivity index (χ0v) is 21.5. The Morgan fingerprint density at radius 1 is 1.19 bits per heavy atom. The monoisotopic (exact) mass is 447 g/mol. The van der Waals surface area contributed by atoms with Gasteiger partial charge in [0.2, 0.25) is 0 Å². The first-order valence-corrected chi connectivity index (χ1v) is 12.7. The molecule has 0 aromatic heterocycles. The number of aliphatic carboxylic acids is 1. The van der Waals surface area contributed by atoms with Crippen molar-refractivity contribution in [2.75, 3.05) is 0 Å². The number of nitrogens with two attached hydrogens (primary N) is 1. The first kappa shape index (κ1) is 28.6. The highest BCUT2D eigenvalue weighted by atomic mass is 16.4. The fourth-order valence-corrected chi connectivity index (χ4v) is 4.41. The molecule has 0 amide bonds. The molecule has 0 saturated heterocycles. The summed E-state index contributed by atoms with van der Waals surface area (Å²) in [5.41, 5.74) is 9.87. The van der Waals surface area contributed by atoms with Gasteiger partial charge in [0.05, 0.1) is 11.5 Å². The molecule has 0 saturated carbocycles. The third kappa shape index (κ3) is 11.0. The molecule has 1 aliphatic carbocycles. The summed E-state index contributed by atoms with van der Waals surface area (Å²) in [6.45, 7) is 12.5. The van der Waals surface area contributed by atoms with E-state index in [1.807, 2.05) is 6.92 Å². The van der Waals surface area contributed by atoms with E-state index in [0.29, 0.717) is 24.7 Å². The van der Waals surface area contributed by atoms with Crippen LogP contribution in [0.1, 0.15) is 106 Å². The van der Waals surface area contributed by atoms with E-state index in [0.717, 1.165) is 32.1 Å². The van der Waals surface area contributed by atoms with E-state index in [-0.39, 0.29) is 12.0 Å². The molecule has 0 fully saturated rings. The van der Waals surface area contributed by atoms with Crippen molar-refractivity contribution in [3.05, 3.63) is 34.9 Å². The summed E-state index contributed by atoms with van der Waals surface area (Å²) < 4.78 is 0. The Labute approximate surface area is 197 Å². The van der Waals surface area contributed by atoms with E-state index < -0.39 is 11.6 Å². The lowest BCUT2D eigenvalue weighted by atomic mass is 9.82. The standard InChI is InChI=1S/C28H49NO3/c1-20(12-8-18-28(6,32)19-9-13-23(4)27(30)31)10-7-11-21(2)14-16-25-17-15-22(3)24(5)26(25)29/h12,15,17,21,23-24,26,32H,7-11,13-14,16,18-19,29H2,1-6H3,(H,30,31)/b20-12+. The van der Waals surface area contributed by atoms with Crippen LogP contribution in [0.4, 0.5) is 0 Å². The number of hydrogen-bond donors (Lipinski definition) is 3. The average Bonchev–Trinajstić information content (AvgIpc) is 2.71. The van der Waals surface area contributed by atoms with Crippen LogP contribution in [-0.4, -0.2) is 27.8 Å². The molecule has 5 atom stereocenters. The van der Waals surface area contributed by atoms with Gasteiger partial charge in [0.25, 0.3) is 0 Å². The van der Waals surface area contributed by atoms with Crippen molar-refractivity contribution in [2.24, 2.45) is 23.5 Å². The SMILES string of the molecule is CC1=CC=C(CCC(C)CCC/C(C)=C/CCC(C)(O)CCCC(C)C(=O)O)C(N)C1C. The van der Waals surface area contributed by atoms with Crippen LogP contribution in [0, 0.1) is 17.8 Å². The van der Waals surface area contributed by atoms with Crippen LogP contribution in [0.15, 0.2) is 34.9 Å². The fraction of sp³-hybridized carbons (Fsp3) is 0.750. The maximum absolute atomic E-state index is 10.9. The highest BCUT2D eigenvalue weighted by Gasteiger charge is 2.22. The second kappa shape index (κ2) is 14.0. The molecule has 184 valence electrons. The molecule has 5 unspecified atom stereocenters. The first-order chi connectivity index (χ1) is 14.9. The number of rotatable bonds is 15. The summed E-state index contributed by atoms with van der Waals surface area (Å²) in [7, 11) is 0. The Hall–Kier alpha value is -1.39. The Bertz CT molecular complexity index is 674. The van der Waals surface area contributed by atoms with E-state index in [4.69, 9.17) is 10.8 Å². The van der Waals surface area contributed by atoms with Gasteiger partial charge >= 0.3 is 5.97 Å². The lowest BCUT2D eigenvalue weighted by Gasteiger charge is -2.27. The van der Waals surface area contributed by atoms with E-state index in [1.165, 1.54) is 36.0 Å². The highest BCUT2D eigenvalue weighted by Crippen LogP contribution is 2.28. The van der Waals surface area contributed by atoms with Gasteiger partial charge in [-0.3, -0.25) is 4.79 Å². The van der Waals surface area contributed by atoms with E-state index in [1.54, 1.807) is 6.92 Å². The molecule has 1 rings (SSSR count). The zero-order chi connectivity index (χ0) is 24.3. The molecule has 0 spiro atoms. The van der Waals surface area contributed by atoms with Crippen molar-refractivity contribution in [3.8, 4) is 0 Å². The Morgan fingerprint density at radius 2 is 1.88 bits per heavy atom. The molecule has 0 heterocycles. The van der Waals surface area contributed by atoms with Crippen LogP contribution in [0.25, 0.3) is 0 Å². The molecule has 0 aliphatic heterocycles. The van der Waals surface area contributed by atoms with Crippen LogP contribution in [0.2, 0.25) is 0 Å². The highest BCUT2D eigenvalue weighted by molar-refractivity contribution is 5.69. The first-order valence-electron chi connectivity index (χ1n) is 12.7. The predicted octanol–water partition coefficient (Wildman–Crippen LogP) is 6.79. The van der Waals surface area contributed by atoms with Crippen LogP contribution in [0.5, 0.6) is 0 Å². The van der Waals surface area contributed by atoms with Gasteiger partial charge in [0.1, 0.15) is 0 Å². The van der Waals surface area contributed by atoms with Gasteiger partial charge in [-0.2, -0.15) is 0 Å². The van der Waals surface area contributed by atoms with Crippen molar-refractivity contribution in [3.63, 3.8) is 0 Å². The molecule has 0 aromatic rings. The molecule has 4 N–H and O–H groups in total. The van der Waals surface area contributed by atoms with Gasteiger partial charge in [-0.25, -0.2) is 0 Å². The van der Waals surface area contributed by atoms with Crippen molar-refractivity contribution in [1.82, 2.24) is 0 Å². The summed E-state index contributed by atoms with van der Waals surface area (Å²) in [6, 6.07) is 0.176. The van der Waals surface area contributed by atoms with Crippen LogP contribution >= 0.6 is 0 Å². The minimum atomic E-state index is -0.756. The lowest BCUT2D eigenvalue weighted by molar-refractivity contribution is -0.141. The summed E-state index contributed by atoms with van der Waals surface area (Å²) in [5.74, 6) is 0.0596. The minimum absolute atomic E-state index is 0.176. The molecule has 0 bridgehead atoms. The molecule has 32 heavy (non-hydrogen) atoms. The summed E-state index contributed by atoms with van der Waals surface area (Å²) in [6.07, 6.45) is 16.2. The average molecular weight is 448 g/mol. The number of carboxylic acid groups (broad SMARTS) is 1. The van der Waals surface area contributed by atoms with Gasteiger partial charge in [-0.05, 0) is 90.4 Å². The third-order valence-corrected chi connectivity index (χ3v) is 7.39. The number of aliphatic hydroxyl groups is 1. The second-order valence-corrected chi connectivity index (χ2v) is 10.7. The Balaban J connectivity index is 2.23. The van der Waals surface area contributed by atoms with E-state index in [2.05, 4.69) is 45.9 Å². The summed E-state index contributed by atoms with van der Waals surface area (Å²) >= 11 is 0. The topological polar surface area (TPSA) is 83.5 Å². The predicted molar refractivity (Wildman–Crippen MR) is 135 cm³/mol. The van der Waals surface area contributed by atoms with Crippen LogP contribution in [-0.2, 0) is 4.79 Å². The fourth-order valence-electron chi connectivity index (χ4n) is 4.41. The lowest BCUT2D eigenvalue weighted by Crippen LogP contribution is -2.33. The molecular formula is C28H49NO3. The number of hydrogen-bond acceptors (Lipinski definition) is 3. The summed E-state index contributed by atoms with van der Waals surface area (Å²) in [5, 5.41) is 19.5. The van der Waals surface area contributed by atoms with Crippen molar-refractivity contribution in [2.45, 2.75) is 117 Å². The largest absolute Gasteiger partial charge is 0.481 e. The van der Waals surface area contributed by atoms with Gasteiger partial charge in [-0.15, -0.1) is 0 Å². The third-order valence-electron chi connectivity index (χ3n) is 7.39. The molecular weight excluding hydrogens is 398 g/mol. The van der Waals surface area contributed by atoms with Crippen molar-refractivity contribution >= 4 is 5.97 Å². The molecule has 1 aliphatic rings. The normalized spacial score (nSPS) is 23.2. The number of carboxylic acids is 1. The van der Waals surface area contributed by atoms with Crippen molar-refractivity contribution < 1.29 is 15.0 Å². The Morgan fingerprint density at radius 3 is 2.53 bits per heavy atom. The molecule has 4 nitrogen and oxygen atoms in total. The maximum atomic E-state index is 10.9. The van der Waals surface area contributed by atoms with Gasteiger partial charge in [0.15, 0.2) is 0 Å². The smallest absolute Gasteiger partial charge is 0.306 e. The zero-order valence-electron chi connectivity index (χ0n) is 21.5. The number of allylic oxidation sites excluding steroid dienone is 4. The summed E-state index contributed by atoms with van der Waals surface area (Å²) in [4.78, 5) is 10.9. The molecule has 0 radical (unpaired) electrons. The van der Waals surface area contributed by atoms with Gasteiger partial charge < -0.3 is 15.9 Å². The molecule has 4 heteroatoms. The maximum Gasteiger partial charge on any atom is 0.306 e. The van der Waals surface area contributed by atoms with E-state index >= 15 is 0 Å².